The summed E-state index contributed by atoms with van der Waals surface area (Å²) in [4.78, 5) is 14.0. The van der Waals surface area contributed by atoms with Gasteiger partial charge in [-0.3, -0.25) is 9.48 Å². The zero-order chi connectivity index (χ0) is 13.9. The van der Waals surface area contributed by atoms with E-state index in [-0.39, 0.29) is 12.5 Å². The Bertz CT molecular complexity index is 472. The number of rotatable bonds is 5. The number of aromatic nitrogens is 2. The number of nitrogens with two attached hydrogens (primary N) is 1. The summed E-state index contributed by atoms with van der Waals surface area (Å²) >= 11 is 8.22. The molecule has 2 N–H and O–H groups in total. The van der Waals surface area contributed by atoms with Gasteiger partial charge in [-0.25, -0.2) is 0 Å². The average molecular weight is 333 g/mol. The quantitative estimate of drug-likeness (QED) is 0.828. The minimum Gasteiger partial charge on any atom is -0.393 e. The van der Waals surface area contributed by atoms with E-state index < -0.39 is 0 Å². The molecule has 0 fully saturated rings. The lowest BCUT2D eigenvalue weighted by atomic mass is 10.3. The summed E-state index contributed by atoms with van der Waals surface area (Å²) in [5.74, 6) is -0.00986. The fraction of sp³-hybridized carbons (Fsp3) is 0.545. The first-order valence-electron chi connectivity index (χ1n) is 5.54. The van der Waals surface area contributed by atoms with Crippen molar-refractivity contribution in [1.82, 2.24) is 14.7 Å². The maximum absolute atomic E-state index is 12.0. The number of amides is 1. The number of thiocarbonyl (C=S) groups is 1. The molecule has 0 saturated carbocycles. The van der Waals surface area contributed by atoms with Crippen LogP contribution in [0.5, 0.6) is 0 Å². The lowest BCUT2D eigenvalue weighted by molar-refractivity contribution is -0.130. The first kappa shape index (κ1) is 15.1. The Labute approximate surface area is 120 Å². The van der Waals surface area contributed by atoms with Gasteiger partial charge in [0.1, 0.15) is 6.54 Å². The van der Waals surface area contributed by atoms with Gasteiger partial charge in [0.15, 0.2) is 0 Å². The summed E-state index contributed by atoms with van der Waals surface area (Å²) in [6.07, 6.45) is 0.540. The molecule has 1 aromatic rings. The number of hydrogen-bond acceptors (Lipinski definition) is 3. The van der Waals surface area contributed by atoms with Crippen LogP contribution in [0.2, 0.25) is 0 Å². The highest BCUT2D eigenvalue weighted by Crippen LogP contribution is 2.19. The number of carbonyl (C=O) groups excluding carboxylic acids is 1. The molecule has 0 bridgehead atoms. The summed E-state index contributed by atoms with van der Waals surface area (Å²) in [6, 6.07) is 0. The molecule has 0 spiro atoms. The van der Waals surface area contributed by atoms with E-state index in [1.807, 2.05) is 13.8 Å². The summed E-state index contributed by atoms with van der Waals surface area (Å²) in [7, 11) is 1.74. The summed E-state index contributed by atoms with van der Waals surface area (Å²) < 4.78 is 2.64. The molecule has 0 aromatic carbocycles. The molecule has 7 heteroatoms. The van der Waals surface area contributed by atoms with Crippen molar-refractivity contribution in [1.29, 1.82) is 0 Å². The molecule has 0 atom stereocenters. The monoisotopic (exact) mass is 332 g/mol. The van der Waals surface area contributed by atoms with Crippen LogP contribution in [0.25, 0.3) is 0 Å². The van der Waals surface area contributed by atoms with E-state index in [0.29, 0.717) is 18.0 Å². The van der Waals surface area contributed by atoms with Crippen molar-refractivity contribution < 1.29 is 4.79 Å². The summed E-state index contributed by atoms with van der Waals surface area (Å²) in [5.41, 5.74) is 7.24. The van der Waals surface area contributed by atoms with Gasteiger partial charge in [-0.05, 0) is 29.8 Å². The van der Waals surface area contributed by atoms with Crippen LogP contribution < -0.4 is 5.73 Å². The number of halogens is 1. The van der Waals surface area contributed by atoms with E-state index in [4.69, 9.17) is 18.0 Å². The third-order valence-corrected chi connectivity index (χ3v) is 4.05. The van der Waals surface area contributed by atoms with Gasteiger partial charge in [0.2, 0.25) is 5.91 Å². The van der Waals surface area contributed by atoms with E-state index in [1.54, 1.807) is 16.6 Å². The largest absolute Gasteiger partial charge is 0.393 e. The minimum absolute atomic E-state index is 0.00986. The molecule has 0 unspecified atom stereocenters. The van der Waals surface area contributed by atoms with Crippen molar-refractivity contribution >= 4 is 39.0 Å². The third kappa shape index (κ3) is 3.78. The van der Waals surface area contributed by atoms with Crippen LogP contribution in [0, 0.1) is 13.8 Å². The molecule has 100 valence electrons. The van der Waals surface area contributed by atoms with E-state index in [9.17, 15) is 4.79 Å². The Morgan fingerprint density at radius 2 is 2.17 bits per heavy atom. The number of hydrogen-bond donors (Lipinski definition) is 1. The Balaban J connectivity index is 2.64. The normalized spacial score (nSPS) is 10.4. The van der Waals surface area contributed by atoms with Gasteiger partial charge in [-0.2, -0.15) is 5.10 Å². The van der Waals surface area contributed by atoms with Crippen molar-refractivity contribution in [2.75, 3.05) is 13.6 Å². The predicted octanol–water partition coefficient (Wildman–Crippen LogP) is 1.40. The first-order chi connectivity index (χ1) is 8.32. The minimum atomic E-state index is -0.00986. The van der Waals surface area contributed by atoms with Crippen molar-refractivity contribution in [2.45, 2.75) is 26.8 Å². The maximum Gasteiger partial charge on any atom is 0.244 e. The van der Waals surface area contributed by atoms with Gasteiger partial charge < -0.3 is 10.6 Å². The Morgan fingerprint density at radius 1 is 1.56 bits per heavy atom. The second kappa shape index (κ2) is 6.29. The summed E-state index contributed by atoms with van der Waals surface area (Å²) in [6.45, 7) is 4.59. The van der Waals surface area contributed by atoms with Gasteiger partial charge >= 0.3 is 0 Å². The van der Waals surface area contributed by atoms with Gasteiger partial charge in [-0.15, -0.1) is 0 Å². The SMILES string of the molecule is Cc1nn(CC(=O)N(C)CCC(N)=S)c(C)c1Br. The summed E-state index contributed by atoms with van der Waals surface area (Å²) in [5, 5.41) is 4.30. The molecule has 1 aromatic heterocycles. The van der Waals surface area contributed by atoms with E-state index in [1.165, 1.54) is 0 Å². The van der Waals surface area contributed by atoms with Gasteiger partial charge in [0.05, 0.1) is 20.8 Å². The topological polar surface area (TPSA) is 64.2 Å². The van der Waals surface area contributed by atoms with Crippen LogP contribution in [-0.2, 0) is 11.3 Å². The number of nitrogens with zero attached hydrogens (tertiary/aromatic N) is 3. The average Bonchev–Trinajstić information content (AvgIpc) is 2.53. The van der Waals surface area contributed by atoms with E-state index in [2.05, 4.69) is 21.0 Å². The second-order valence-electron chi connectivity index (χ2n) is 4.17. The molecule has 18 heavy (non-hydrogen) atoms. The molecule has 0 saturated heterocycles. The molecule has 1 heterocycles. The first-order valence-corrected chi connectivity index (χ1v) is 6.74. The zero-order valence-corrected chi connectivity index (χ0v) is 13.1. The molecule has 0 aliphatic rings. The molecule has 5 nitrogen and oxygen atoms in total. The number of aryl methyl sites for hydroxylation is 1. The van der Waals surface area contributed by atoms with E-state index in [0.717, 1.165) is 15.9 Å². The molecule has 1 amide bonds. The second-order valence-corrected chi connectivity index (χ2v) is 5.49. The number of likely N-dealkylation sites (N-methyl/N-ethyl adjacent to an activating group) is 1. The van der Waals surface area contributed by atoms with Gasteiger partial charge in [-0.1, -0.05) is 12.2 Å². The van der Waals surface area contributed by atoms with Crippen LogP contribution in [0.4, 0.5) is 0 Å². The smallest absolute Gasteiger partial charge is 0.244 e. The molecular formula is C11H17BrN4OS. The fourth-order valence-electron chi connectivity index (χ4n) is 1.48. The third-order valence-electron chi connectivity index (χ3n) is 2.70. The zero-order valence-electron chi connectivity index (χ0n) is 10.7. The van der Waals surface area contributed by atoms with Gasteiger partial charge in [0, 0.05) is 20.0 Å². The van der Waals surface area contributed by atoms with E-state index >= 15 is 0 Å². The Hall–Kier alpha value is -0.950. The van der Waals surface area contributed by atoms with Crippen molar-refractivity contribution in [3.63, 3.8) is 0 Å². The Kier molecular flexibility index (Phi) is 5.28. The van der Waals surface area contributed by atoms with Crippen LogP contribution in [0.3, 0.4) is 0 Å². The molecule has 0 aliphatic carbocycles. The van der Waals surface area contributed by atoms with Gasteiger partial charge in [0.25, 0.3) is 0 Å². The molecule has 0 radical (unpaired) electrons. The predicted molar refractivity (Wildman–Crippen MR) is 78.4 cm³/mol. The van der Waals surface area contributed by atoms with Crippen molar-refractivity contribution in [3.05, 3.63) is 15.9 Å². The lowest BCUT2D eigenvalue weighted by Crippen LogP contribution is -2.33. The Morgan fingerprint density at radius 3 is 2.61 bits per heavy atom. The van der Waals surface area contributed by atoms with Crippen LogP contribution in [0.15, 0.2) is 4.47 Å². The van der Waals surface area contributed by atoms with Crippen LogP contribution in [0.1, 0.15) is 17.8 Å². The lowest BCUT2D eigenvalue weighted by Gasteiger charge is -2.17. The van der Waals surface area contributed by atoms with Crippen molar-refractivity contribution in [2.24, 2.45) is 5.73 Å². The van der Waals surface area contributed by atoms with Crippen LogP contribution >= 0.6 is 28.1 Å². The molecular weight excluding hydrogens is 316 g/mol. The van der Waals surface area contributed by atoms with Crippen molar-refractivity contribution in [3.8, 4) is 0 Å². The molecule has 0 aliphatic heterocycles. The fourth-order valence-corrected chi connectivity index (χ4v) is 1.86. The highest BCUT2D eigenvalue weighted by molar-refractivity contribution is 9.10. The maximum atomic E-state index is 12.0. The highest BCUT2D eigenvalue weighted by atomic mass is 79.9. The molecule has 1 rings (SSSR count). The van der Waals surface area contributed by atoms with Crippen LogP contribution in [-0.4, -0.2) is 39.2 Å². The number of carbonyl (C=O) groups is 1. The standard InChI is InChI=1S/C11H17BrN4OS/c1-7-11(12)8(2)16(14-7)6-10(17)15(3)5-4-9(13)18/h4-6H2,1-3H3,(H2,13,18). The highest BCUT2D eigenvalue weighted by Gasteiger charge is 2.14.